The highest BCUT2D eigenvalue weighted by molar-refractivity contribution is 5.87. The molecule has 0 spiro atoms. The second-order valence-electron chi connectivity index (χ2n) is 6.79. The predicted molar refractivity (Wildman–Crippen MR) is 106 cm³/mol. The van der Waals surface area contributed by atoms with Gasteiger partial charge in [-0.2, -0.15) is 0 Å². The van der Waals surface area contributed by atoms with E-state index in [0.717, 1.165) is 38.2 Å². The number of rotatable bonds is 9. The van der Waals surface area contributed by atoms with Crippen molar-refractivity contribution in [1.29, 1.82) is 0 Å². The zero-order valence-corrected chi connectivity index (χ0v) is 15.6. The lowest BCUT2D eigenvalue weighted by atomic mass is 10.1. The minimum Gasteiger partial charge on any atom is -0.368 e. The summed E-state index contributed by atoms with van der Waals surface area (Å²) in [6, 6.07) is 8.41. The van der Waals surface area contributed by atoms with Crippen LogP contribution in [0.4, 0.5) is 5.69 Å². The Kier molecular flexibility index (Phi) is 8.53. The van der Waals surface area contributed by atoms with E-state index in [-0.39, 0.29) is 5.91 Å². The highest BCUT2D eigenvalue weighted by atomic mass is 16.2. The first kappa shape index (κ1) is 19.5. The van der Waals surface area contributed by atoms with Crippen LogP contribution in [0.1, 0.15) is 51.0 Å². The van der Waals surface area contributed by atoms with Gasteiger partial charge in [0.25, 0.3) is 0 Å². The molecule has 138 valence electrons. The molecule has 2 N–H and O–H groups in total. The zero-order chi connectivity index (χ0) is 17.9. The Morgan fingerprint density at radius 2 is 1.72 bits per heavy atom. The molecule has 1 aromatic carbocycles. The molecule has 1 fully saturated rings. The van der Waals surface area contributed by atoms with E-state index in [9.17, 15) is 4.79 Å². The third kappa shape index (κ3) is 6.54. The number of piperazine rings is 1. The molecule has 0 bridgehead atoms. The Labute approximate surface area is 152 Å². The van der Waals surface area contributed by atoms with E-state index in [1.807, 2.05) is 11.0 Å². The van der Waals surface area contributed by atoms with Crippen LogP contribution in [0.2, 0.25) is 0 Å². The van der Waals surface area contributed by atoms with Crippen LogP contribution in [0.15, 0.2) is 36.4 Å². The monoisotopic (exact) mass is 343 g/mol. The molecule has 1 aliphatic rings. The lowest BCUT2D eigenvalue weighted by Gasteiger charge is -2.35. The molecule has 0 aliphatic carbocycles. The van der Waals surface area contributed by atoms with Crippen molar-refractivity contribution in [3.63, 3.8) is 0 Å². The summed E-state index contributed by atoms with van der Waals surface area (Å²) in [6.45, 7) is 6.16. The van der Waals surface area contributed by atoms with Crippen LogP contribution in [0, 0.1) is 0 Å². The van der Waals surface area contributed by atoms with Gasteiger partial charge in [0.05, 0.1) is 0 Å². The molecule has 0 unspecified atom stereocenters. The van der Waals surface area contributed by atoms with Crippen molar-refractivity contribution in [2.45, 2.75) is 52.0 Å². The summed E-state index contributed by atoms with van der Waals surface area (Å²) in [7, 11) is 0. The lowest BCUT2D eigenvalue weighted by molar-refractivity contribution is -0.126. The van der Waals surface area contributed by atoms with E-state index in [1.165, 1.54) is 37.8 Å². The summed E-state index contributed by atoms with van der Waals surface area (Å²) in [5, 5.41) is 0. The minimum absolute atomic E-state index is 0.159. The maximum absolute atomic E-state index is 12.3. The van der Waals surface area contributed by atoms with Crippen LogP contribution in [0.5, 0.6) is 0 Å². The topological polar surface area (TPSA) is 49.6 Å². The summed E-state index contributed by atoms with van der Waals surface area (Å²) >= 11 is 0. The molecule has 1 aromatic rings. The Morgan fingerprint density at radius 3 is 2.36 bits per heavy atom. The number of amides is 1. The summed E-state index contributed by atoms with van der Waals surface area (Å²) in [5.74, 6) is 0.159. The van der Waals surface area contributed by atoms with Gasteiger partial charge in [0, 0.05) is 38.4 Å². The summed E-state index contributed by atoms with van der Waals surface area (Å²) < 4.78 is 0. The number of nitrogens with two attached hydrogens (primary N) is 1. The fourth-order valence-corrected chi connectivity index (χ4v) is 3.18. The van der Waals surface area contributed by atoms with Gasteiger partial charge in [-0.25, -0.2) is 0 Å². The van der Waals surface area contributed by atoms with Gasteiger partial charge in [-0.15, -0.1) is 0 Å². The van der Waals surface area contributed by atoms with Crippen molar-refractivity contribution >= 4 is 11.6 Å². The number of nitrogens with zero attached hydrogens (tertiary/aromatic N) is 2. The number of allylic oxidation sites excluding steroid dienone is 1. The maximum Gasteiger partial charge on any atom is 0.246 e. The zero-order valence-electron chi connectivity index (χ0n) is 15.6. The van der Waals surface area contributed by atoms with Gasteiger partial charge in [-0.3, -0.25) is 4.79 Å². The standard InChI is InChI=1S/C21H33N3O/c1-2-3-4-5-6-7-8-9-21(25)24-16-14-23(15-17-24)20-12-10-19(18-22)11-13-20/h8-13H,2-7,14-18,22H2,1H3/b9-8+. The third-order valence-corrected chi connectivity index (χ3v) is 4.86. The van der Waals surface area contributed by atoms with Gasteiger partial charge in [-0.05, 0) is 36.6 Å². The minimum atomic E-state index is 0.159. The third-order valence-electron chi connectivity index (χ3n) is 4.86. The lowest BCUT2D eigenvalue weighted by Crippen LogP contribution is -2.48. The van der Waals surface area contributed by atoms with Crippen molar-refractivity contribution in [2.24, 2.45) is 5.73 Å². The molecule has 1 heterocycles. The molecule has 4 nitrogen and oxygen atoms in total. The molecule has 1 amide bonds. The number of hydrogen-bond donors (Lipinski definition) is 1. The van der Waals surface area contributed by atoms with E-state index in [2.05, 4.69) is 36.1 Å². The van der Waals surface area contributed by atoms with Crippen LogP contribution >= 0.6 is 0 Å². The average molecular weight is 344 g/mol. The maximum atomic E-state index is 12.3. The largest absolute Gasteiger partial charge is 0.368 e. The average Bonchev–Trinajstić information content (AvgIpc) is 2.67. The molecule has 0 saturated carbocycles. The van der Waals surface area contributed by atoms with Crippen molar-refractivity contribution < 1.29 is 4.79 Å². The molecule has 1 aliphatic heterocycles. The van der Waals surface area contributed by atoms with E-state index in [4.69, 9.17) is 5.73 Å². The first-order chi connectivity index (χ1) is 12.2. The summed E-state index contributed by atoms with van der Waals surface area (Å²) in [5.41, 5.74) is 8.01. The van der Waals surface area contributed by atoms with Crippen molar-refractivity contribution in [3.8, 4) is 0 Å². The van der Waals surface area contributed by atoms with Gasteiger partial charge in [0.1, 0.15) is 0 Å². The fourth-order valence-electron chi connectivity index (χ4n) is 3.18. The Hall–Kier alpha value is -1.81. The van der Waals surface area contributed by atoms with Crippen molar-refractivity contribution in [1.82, 2.24) is 4.90 Å². The van der Waals surface area contributed by atoms with E-state index in [0.29, 0.717) is 6.54 Å². The molecule has 2 rings (SSSR count). The van der Waals surface area contributed by atoms with Crippen LogP contribution in [0.3, 0.4) is 0 Å². The number of carbonyl (C=O) groups excluding carboxylic acids is 1. The van der Waals surface area contributed by atoms with E-state index < -0.39 is 0 Å². The number of anilines is 1. The van der Waals surface area contributed by atoms with E-state index >= 15 is 0 Å². The molecular formula is C21H33N3O. The van der Waals surface area contributed by atoms with Crippen LogP contribution in [-0.2, 0) is 11.3 Å². The predicted octanol–water partition coefficient (Wildman–Crippen LogP) is 3.71. The van der Waals surface area contributed by atoms with Crippen LogP contribution < -0.4 is 10.6 Å². The Morgan fingerprint density at radius 1 is 1.04 bits per heavy atom. The number of benzene rings is 1. The summed E-state index contributed by atoms with van der Waals surface area (Å²) in [6.07, 6.45) is 11.2. The normalized spacial score (nSPS) is 15.1. The molecule has 0 radical (unpaired) electrons. The van der Waals surface area contributed by atoms with Gasteiger partial charge >= 0.3 is 0 Å². The molecule has 4 heteroatoms. The van der Waals surface area contributed by atoms with Gasteiger partial charge in [-0.1, -0.05) is 50.8 Å². The van der Waals surface area contributed by atoms with Gasteiger partial charge in [0.15, 0.2) is 0 Å². The number of unbranched alkanes of at least 4 members (excludes halogenated alkanes) is 5. The first-order valence-electron chi connectivity index (χ1n) is 9.74. The smallest absolute Gasteiger partial charge is 0.246 e. The number of hydrogen-bond acceptors (Lipinski definition) is 3. The molecule has 0 aromatic heterocycles. The Balaban J connectivity index is 1.69. The van der Waals surface area contributed by atoms with Crippen LogP contribution in [-0.4, -0.2) is 37.0 Å². The van der Waals surface area contributed by atoms with Crippen molar-refractivity contribution in [2.75, 3.05) is 31.1 Å². The molecule has 1 saturated heterocycles. The molecular weight excluding hydrogens is 310 g/mol. The first-order valence-corrected chi connectivity index (χ1v) is 9.74. The van der Waals surface area contributed by atoms with Gasteiger partial charge < -0.3 is 15.5 Å². The van der Waals surface area contributed by atoms with Crippen LogP contribution in [0.25, 0.3) is 0 Å². The highest BCUT2D eigenvalue weighted by Crippen LogP contribution is 2.17. The fraction of sp³-hybridized carbons (Fsp3) is 0.571. The van der Waals surface area contributed by atoms with Crippen molar-refractivity contribution in [3.05, 3.63) is 42.0 Å². The molecule has 0 atom stereocenters. The quantitative estimate of drug-likeness (QED) is 0.549. The number of carbonyl (C=O) groups is 1. The van der Waals surface area contributed by atoms with Gasteiger partial charge in [0.2, 0.25) is 5.91 Å². The van der Waals surface area contributed by atoms with E-state index in [1.54, 1.807) is 6.08 Å². The Bertz CT molecular complexity index is 531. The summed E-state index contributed by atoms with van der Waals surface area (Å²) in [4.78, 5) is 16.6. The molecule has 25 heavy (non-hydrogen) atoms. The second kappa shape index (κ2) is 10.9. The second-order valence-corrected chi connectivity index (χ2v) is 6.79. The SMILES string of the molecule is CCCCCCC/C=C/C(=O)N1CCN(c2ccc(CN)cc2)CC1. The highest BCUT2D eigenvalue weighted by Gasteiger charge is 2.19.